The number of hydrogen-bond acceptors (Lipinski definition) is 3. The maximum atomic E-state index is 11.2. The van der Waals surface area contributed by atoms with Crippen LogP contribution in [-0.2, 0) is 0 Å². The van der Waals surface area contributed by atoms with E-state index in [9.17, 15) is 9.90 Å². The summed E-state index contributed by atoms with van der Waals surface area (Å²) in [5.74, 6) is -0.948. The van der Waals surface area contributed by atoms with E-state index in [-0.39, 0.29) is 5.56 Å². The van der Waals surface area contributed by atoms with Gasteiger partial charge in [0.1, 0.15) is 0 Å². The van der Waals surface area contributed by atoms with Gasteiger partial charge in [-0.1, -0.05) is 6.07 Å². The summed E-state index contributed by atoms with van der Waals surface area (Å²) in [6.07, 6.45) is 1.73. The van der Waals surface area contributed by atoms with Gasteiger partial charge in [0.15, 0.2) is 0 Å². The molecule has 0 aromatic carbocycles. The van der Waals surface area contributed by atoms with Crippen molar-refractivity contribution in [2.24, 2.45) is 0 Å². The lowest BCUT2D eigenvalue weighted by Crippen LogP contribution is -2.06. The fourth-order valence-electron chi connectivity index (χ4n) is 2.43. The van der Waals surface area contributed by atoms with Crippen molar-refractivity contribution in [2.45, 2.75) is 13.8 Å². The molecule has 0 spiro atoms. The molecule has 3 aromatic heterocycles. The first kappa shape index (κ1) is 12.3. The van der Waals surface area contributed by atoms with Gasteiger partial charge < -0.3 is 5.11 Å². The third kappa shape index (κ3) is 1.84. The van der Waals surface area contributed by atoms with E-state index in [0.717, 1.165) is 16.9 Å². The van der Waals surface area contributed by atoms with Gasteiger partial charge in [-0.05, 0) is 43.7 Å². The molecule has 20 heavy (non-hydrogen) atoms. The molecule has 0 amide bonds. The highest BCUT2D eigenvalue weighted by atomic mass is 16.4. The Labute approximate surface area is 115 Å². The average molecular weight is 267 g/mol. The van der Waals surface area contributed by atoms with Crippen LogP contribution >= 0.6 is 0 Å². The molecule has 3 heterocycles. The summed E-state index contributed by atoms with van der Waals surface area (Å²) >= 11 is 0. The summed E-state index contributed by atoms with van der Waals surface area (Å²) in [7, 11) is 0. The van der Waals surface area contributed by atoms with Gasteiger partial charge in [0.2, 0.25) is 0 Å². The number of hydrogen-bond donors (Lipinski definition) is 1. The number of rotatable bonds is 2. The third-order valence-electron chi connectivity index (χ3n) is 3.30. The molecule has 1 N–H and O–H groups in total. The molecular formula is C15H13N3O2. The zero-order valence-corrected chi connectivity index (χ0v) is 11.2. The number of pyridine rings is 2. The molecule has 3 aromatic rings. The summed E-state index contributed by atoms with van der Waals surface area (Å²) in [4.78, 5) is 15.6. The average Bonchev–Trinajstić information content (AvgIpc) is 2.85. The Bertz CT molecular complexity index is 798. The quantitative estimate of drug-likeness (QED) is 0.775. The predicted octanol–water partition coefficient (Wildman–Crippen LogP) is 2.71. The molecule has 0 radical (unpaired) electrons. The van der Waals surface area contributed by atoms with Crippen LogP contribution < -0.4 is 0 Å². The molecule has 0 aliphatic heterocycles. The van der Waals surface area contributed by atoms with E-state index in [0.29, 0.717) is 11.3 Å². The zero-order valence-electron chi connectivity index (χ0n) is 11.2. The zero-order chi connectivity index (χ0) is 14.3. The lowest BCUT2D eigenvalue weighted by molar-refractivity contribution is 0.0695. The number of aromatic nitrogens is 3. The number of carbonyl (C=O) groups is 1. The van der Waals surface area contributed by atoms with Crippen LogP contribution in [0, 0.1) is 13.8 Å². The van der Waals surface area contributed by atoms with Crippen molar-refractivity contribution < 1.29 is 9.90 Å². The largest absolute Gasteiger partial charge is 0.478 e. The highest BCUT2D eigenvalue weighted by Gasteiger charge is 2.15. The summed E-state index contributed by atoms with van der Waals surface area (Å²) in [6, 6.07) is 9.51. The molecule has 0 bridgehead atoms. The lowest BCUT2D eigenvalue weighted by Gasteiger charge is -2.09. The Kier molecular flexibility index (Phi) is 2.75. The molecule has 0 unspecified atom stereocenters. The van der Waals surface area contributed by atoms with Crippen molar-refractivity contribution in [2.75, 3.05) is 0 Å². The Morgan fingerprint density at radius 3 is 2.75 bits per heavy atom. The van der Waals surface area contributed by atoms with Crippen molar-refractivity contribution in [3.63, 3.8) is 0 Å². The number of carboxylic acids is 1. The van der Waals surface area contributed by atoms with Crippen LogP contribution in [0.2, 0.25) is 0 Å². The molecule has 3 rings (SSSR count). The van der Waals surface area contributed by atoms with Crippen LogP contribution in [0.15, 0.2) is 36.5 Å². The van der Waals surface area contributed by atoms with Crippen molar-refractivity contribution in [1.29, 1.82) is 0 Å². The van der Waals surface area contributed by atoms with Crippen LogP contribution in [0.4, 0.5) is 0 Å². The second-order valence-corrected chi connectivity index (χ2v) is 4.67. The van der Waals surface area contributed by atoms with Gasteiger partial charge in [-0.2, -0.15) is 5.10 Å². The molecule has 0 saturated carbocycles. The van der Waals surface area contributed by atoms with Gasteiger partial charge in [0, 0.05) is 0 Å². The highest BCUT2D eigenvalue weighted by molar-refractivity contribution is 5.91. The normalized spacial score (nSPS) is 10.9. The number of fused-ring (bicyclic) bond motifs is 1. The van der Waals surface area contributed by atoms with Crippen molar-refractivity contribution in [1.82, 2.24) is 14.6 Å². The van der Waals surface area contributed by atoms with Gasteiger partial charge in [0.25, 0.3) is 0 Å². The minimum Gasteiger partial charge on any atom is -0.478 e. The summed E-state index contributed by atoms with van der Waals surface area (Å²) in [5.41, 5.74) is 4.01. The van der Waals surface area contributed by atoms with E-state index in [1.54, 1.807) is 30.6 Å². The van der Waals surface area contributed by atoms with Crippen LogP contribution in [0.1, 0.15) is 21.6 Å². The molecule has 0 saturated heterocycles. The summed E-state index contributed by atoms with van der Waals surface area (Å²) in [5, 5.41) is 13.5. The fraction of sp³-hybridized carbons (Fsp3) is 0.133. The van der Waals surface area contributed by atoms with E-state index >= 15 is 0 Å². The lowest BCUT2D eigenvalue weighted by atomic mass is 10.1. The molecule has 0 aliphatic carbocycles. The molecule has 5 nitrogen and oxygen atoms in total. The molecule has 0 atom stereocenters. The Morgan fingerprint density at radius 1 is 1.25 bits per heavy atom. The standard InChI is InChI=1S/C15H13N3O2/c1-9-8-12(17-10(2)14(9)15(19)20)13-5-3-4-11-6-7-16-18(11)13/h3-8H,1-2H3,(H,19,20). The maximum Gasteiger partial charge on any atom is 0.337 e. The number of carboxylic acid groups (broad SMARTS) is 1. The van der Waals surface area contributed by atoms with E-state index < -0.39 is 5.97 Å². The van der Waals surface area contributed by atoms with Crippen molar-refractivity contribution in [3.8, 4) is 11.4 Å². The predicted molar refractivity (Wildman–Crippen MR) is 74.9 cm³/mol. The SMILES string of the molecule is Cc1cc(-c2cccc3ccnn23)nc(C)c1C(=O)O. The summed E-state index contributed by atoms with van der Waals surface area (Å²) < 4.78 is 1.79. The molecule has 0 fully saturated rings. The molecular weight excluding hydrogens is 254 g/mol. The maximum absolute atomic E-state index is 11.2. The number of aromatic carboxylic acids is 1. The molecule has 5 heteroatoms. The van der Waals surface area contributed by atoms with Crippen LogP contribution in [0.3, 0.4) is 0 Å². The van der Waals surface area contributed by atoms with Gasteiger partial charge in [-0.3, -0.25) is 4.98 Å². The highest BCUT2D eigenvalue weighted by Crippen LogP contribution is 2.22. The number of aryl methyl sites for hydroxylation is 2. The van der Waals surface area contributed by atoms with Gasteiger partial charge in [-0.25, -0.2) is 9.31 Å². The topological polar surface area (TPSA) is 67.5 Å². The second kappa shape index (κ2) is 4.45. The second-order valence-electron chi connectivity index (χ2n) is 4.67. The first-order valence-corrected chi connectivity index (χ1v) is 6.22. The van der Waals surface area contributed by atoms with E-state index in [2.05, 4.69) is 10.1 Å². The summed E-state index contributed by atoms with van der Waals surface area (Å²) in [6.45, 7) is 3.49. The van der Waals surface area contributed by atoms with Crippen molar-refractivity contribution in [3.05, 3.63) is 53.3 Å². The van der Waals surface area contributed by atoms with E-state index in [1.165, 1.54) is 0 Å². The minimum atomic E-state index is -0.948. The van der Waals surface area contributed by atoms with E-state index in [1.807, 2.05) is 24.3 Å². The van der Waals surface area contributed by atoms with Gasteiger partial charge in [-0.15, -0.1) is 0 Å². The molecule has 0 aliphatic rings. The Hall–Kier alpha value is -2.69. The first-order valence-electron chi connectivity index (χ1n) is 6.22. The van der Waals surface area contributed by atoms with E-state index in [4.69, 9.17) is 0 Å². The van der Waals surface area contributed by atoms with Crippen LogP contribution in [0.5, 0.6) is 0 Å². The first-order chi connectivity index (χ1) is 9.58. The smallest absolute Gasteiger partial charge is 0.337 e. The Balaban J connectivity index is 2.25. The minimum absolute atomic E-state index is 0.265. The van der Waals surface area contributed by atoms with Crippen LogP contribution in [0.25, 0.3) is 16.9 Å². The van der Waals surface area contributed by atoms with Crippen molar-refractivity contribution >= 4 is 11.5 Å². The monoisotopic (exact) mass is 267 g/mol. The van der Waals surface area contributed by atoms with Gasteiger partial charge in [0.05, 0.1) is 34.4 Å². The fourth-order valence-corrected chi connectivity index (χ4v) is 2.43. The van der Waals surface area contributed by atoms with Gasteiger partial charge >= 0.3 is 5.97 Å². The van der Waals surface area contributed by atoms with Crippen LogP contribution in [-0.4, -0.2) is 25.7 Å². The Morgan fingerprint density at radius 2 is 2.05 bits per heavy atom. The number of nitrogens with zero attached hydrogens (tertiary/aromatic N) is 3. The molecule has 100 valence electrons. The third-order valence-corrected chi connectivity index (χ3v) is 3.30.